The van der Waals surface area contributed by atoms with Gasteiger partial charge < -0.3 is 4.90 Å². The average Bonchev–Trinajstić information content (AvgIpc) is 3.14. The van der Waals surface area contributed by atoms with Gasteiger partial charge >= 0.3 is 0 Å². The maximum atomic E-state index is 12.4. The standard InChI is InChI=1S/C15H23N3O3S2/c1-3-8-23(20,21)17-6-5-15(11-17)12-18(13-4-7-22-10-13)14(19)9-16(15)2/h4,7,10H,3,5-6,8-9,11-12H2,1-2H3/t15-/m1/s1. The Morgan fingerprint density at radius 2 is 2.13 bits per heavy atom. The third kappa shape index (κ3) is 3.05. The van der Waals surface area contributed by atoms with Gasteiger partial charge in [0, 0.05) is 25.0 Å². The molecule has 0 aromatic carbocycles. The lowest BCUT2D eigenvalue weighted by Crippen LogP contribution is -2.64. The molecule has 8 heteroatoms. The summed E-state index contributed by atoms with van der Waals surface area (Å²) in [6, 6.07) is 1.95. The van der Waals surface area contributed by atoms with Gasteiger partial charge in [-0.1, -0.05) is 6.92 Å². The Hall–Kier alpha value is -0.960. The lowest BCUT2D eigenvalue weighted by molar-refractivity contribution is -0.123. The van der Waals surface area contributed by atoms with Crippen LogP contribution in [0.15, 0.2) is 16.8 Å². The van der Waals surface area contributed by atoms with Gasteiger partial charge in [-0.05, 0) is 31.3 Å². The number of carbonyl (C=O) groups excluding carboxylic acids is 1. The van der Waals surface area contributed by atoms with Gasteiger partial charge in [-0.25, -0.2) is 8.42 Å². The molecule has 1 aromatic rings. The van der Waals surface area contributed by atoms with Gasteiger partial charge in [-0.15, -0.1) is 0 Å². The number of sulfonamides is 1. The molecule has 1 spiro atoms. The van der Waals surface area contributed by atoms with Crippen molar-refractivity contribution in [3.05, 3.63) is 16.8 Å². The van der Waals surface area contributed by atoms with E-state index in [-0.39, 0.29) is 17.2 Å². The van der Waals surface area contributed by atoms with Gasteiger partial charge in [0.25, 0.3) is 0 Å². The molecule has 6 nitrogen and oxygen atoms in total. The molecule has 0 N–H and O–H groups in total. The van der Waals surface area contributed by atoms with E-state index in [0.29, 0.717) is 32.6 Å². The van der Waals surface area contributed by atoms with E-state index in [2.05, 4.69) is 0 Å². The van der Waals surface area contributed by atoms with Crippen LogP contribution in [0.25, 0.3) is 0 Å². The van der Waals surface area contributed by atoms with E-state index >= 15 is 0 Å². The highest BCUT2D eigenvalue weighted by Gasteiger charge is 2.49. The van der Waals surface area contributed by atoms with Crippen LogP contribution >= 0.6 is 11.3 Å². The molecule has 2 saturated heterocycles. The van der Waals surface area contributed by atoms with Crippen LogP contribution < -0.4 is 4.90 Å². The number of nitrogens with zero attached hydrogens (tertiary/aromatic N) is 3. The molecule has 2 fully saturated rings. The van der Waals surface area contributed by atoms with Gasteiger partial charge in [-0.2, -0.15) is 15.6 Å². The molecule has 1 amide bonds. The molecule has 1 aromatic heterocycles. The summed E-state index contributed by atoms with van der Waals surface area (Å²) in [6.45, 7) is 3.78. The second kappa shape index (κ2) is 6.16. The highest BCUT2D eigenvalue weighted by molar-refractivity contribution is 7.89. The molecule has 128 valence electrons. The molecule has 0 bridgehead atoms. The Balaban J connectivity index is 1.83. The van der Waals surface area contributed by atoms with Crippen LogP contribution in [0, 0.1) is 0 Å². The molecular weight excluding hydrogens is 334 g/mol. The molecular formula is C15H23N3O3S2. The van der Waals surface area contributed by atoms with Crippen LogP contribution in [0.3, 0.4) is 0 Å². The predicted molar refractivity (Wildman–Crippen MR) is 92.3 cm³/mol. The minimum atomic E-state index is -3.19. The Morgan fingerprint density at radius 3 is 2.78 bits per heavy atom. The van der Waals surface area contributed by atoms with Crippen molar-refractivity contribution in [2.45, 2.75) is 25.3 Å². The topological polar surface area (TPSA) is 60.9 Å². The quantitative estimate of drug-likeness (QED) is 0.813. The smallest absolute Gasteiger partial charge is 0.241 e. The van der Waals surface area contributed by atoms with Crippen LogP contribution in [0.5, 0.6) is 0 Å². The lowest BCUT2D eigenvalue weighted by atomic mass is 9.93. The van der Waals surface area contributed by atoms with E-state index in [1.54, 1.807) is 15.6 Å². The Bertz CT molecular complexity index is 674. The highest BCUT2D eigenvalue weighted by atomic mass is 32.2. The number of piperazine rings is 1. The van der Waals surface area contributed by atoms with Crippen LogP contribution in [0.2, 0.25) is 0 Å². The molecule has 3 rings (SSSR count). The van der Waals surface area contributed by atoms with E-state index in [4.69, 9.17) is 0 Å². The monoisotopic (exact) mass is 357 g/mol. The number of carbonyl (C=O) groups is 1. The first-order valence-corrected chi connectivity index (χ1v) is 10.4. The van der Waals surface area contributed by atoms with E-state index in [1.165, 1.54) is 0 Å². The summed E-state index contributed by atoms with van der Waals surface area (Å²) in [5, 5.41) is 3.93. The minimum Gasteiger partial charge on any atom is -0.309 e. The molecule has 1 atom stereocenters. The molecule has 0 aliphatic carbocycles. The fourth-order valence-corrected chi connectivity index (χ4v) is 5.71. The Kier molecular flexibility index (Phi) is 4.52. The molecule has 2 aliphatic rings. The number of amides is 1. The van der Waals surface area contributed by atoms with Gasteiger partial charge in [0.1, 0.15) is 0 Å². The van der Waals surface area contributed by atoms with Crippen molar-refractivity contribution in [3.63, 3.8) is 0 Å². The number of rotatable bonds is 4. The van der Waals surface area contributed by atoms with Crippen molar-refractivity contribution in [3.8, 4) is 0 Å². The average molecular weight is 358 g/mol. The Labute approximate surface area is 141 Å². The summed E-state index contributed by atoms with van der Waals surface area (Å²) in [7, 11) is -1.26. The first kappa shape index (κ1) is 16.9. The summed E-state index contributed by atoms with van der Waals surface area (Å²) in [5.74, 6) is 0.270. The molecule has 0 unspecified atom stereocenters. The maximum absolute atomic E-state index is 12.4. The predicted octanol–water partition coefficient (Wildman–Crippen LogP) is 1.21. The number of anilines is 1. The largest absolute Gasteiger partial charge is 0.309 e. The number of thiophene rings is 1. The minimum absolute atomic E-state index is 0.0754. The first-order valence-electron chi connectivity index (χ1n) is 7.90. The molecule has 2 aliphatic heterocycles. The summed E-state index contributed by atoms with van der Waals surface area (Å²) < 4.78 is 26.3. The van der Waals surface area contributed by atoms with Crippen LogP contribution in [-0.2, 0) is 14.8 Å². The van der Waals surface area contributed by atoms with Gasteiger partial charge in [0.05, 0.1) is 23.5 Å². The summed E-state index contributed by atoms with van der Waals surface area (Å²) in [4.78, 5) is 16.2. The van der Waals surface area contributed by atoms with Gasteiger partial charge in [0.15, 0.2) is 0 Å². The maximum Gasteiger partial charge on any atom is 0.241 e. The zero-order valence-electron chi connectivity index (χ0n) is 13.6. The van der Waals surface area contributed by atoms with Crippen LogP contribution in [-0.4, -0.2) is 68.0 Å². The summed E-state index contributed by atoms with van der Waals surface area (Å²) in [6.07, 6.45) is 1.39. The molecule has 0 saturated carbocycles. The van der Waals surface area contributed by atoms with Crippen molar-refractivity contribution < 1.29 is 13.2 Å². The first-order chi connectivity index (χ1) is 10.9. The normalized spacial score (nSPS) is 27.2. The lowest BCUT2D eigenvalue weighted by Gasteiger charge is -2.46. The van der Waals surface area contributed by atoms with Crippen molar-refractivity contribution >= 4 is 33.0 Å². The molecule has 3 heterocycles. The van der Waals surface area contributed by atoms with Crippen LogP contribution in [0.1, 0.15) is 19.8 Å². The van der Waals surface area contributed by atoms with Crippen molar-refractivity contribution in [2.75, 3.05) is 43.9 Å². The van der Waals surface area contributed by atoms with E-state index < -0.39 is 10.0 Å². The SMILES string of the molecule is CCCS(=O)(=O)N1CC[C@]2(CN(c3ccsc3)C(=O)CN2C)C1. The molecule has 0 radical (unpaired) electrons. The summed E-state index contributed by atoms with van der Waals surface area (Å²) in [5.41, 5.74) is 0.638. The van der Waals surface area contributed by atoms with E-state index in [9.17, 15) is 13.2 Å². The number of hydrogen-bond acceptors (Lipinski definition) is 5. The van der Waals surface area contributed by atoms with Gasteiger partial charge in [0.2, 0.25) is 15.9 Å². The van der Waals surface area contributed by atoms with E-state index in [1.807, 2.05) is 40.6 Å². The Morgan fingerprint density at radius 1 is 1.35 bits per heavy atom. The second-order valence-corrected chi connectivity index (χ2v) is 9.31. The third-order valence-electron chi connectivity index (χ3n) is 4.91. The zero-order chi connectivity index (χ0) is 16.7. The number of hydrogen-bond donors (Lipinski definition) is 0. The second-order valence-electron chi connectivity index (χ2n) is 6.44. The van der Waals surface area contributed by atoms with Gasteiger partial charge in [-0.3, -0.25) is 9.69 Å². The third-order valence-corrected chi connectivity index (χ3v) is 7.60. The highest BCUT2D eigenvalue weighted by Crippen LogP contribution is 2.35. The van der Waals surface area contributed by atoms with Crippen molar-refractivity contribution in [1.82, 2.24) is 9.21 Å². The van der Waals surface area contributed by atoms with Crippen molar-refractivity contribution in [1.29, 1.82) is 0 Å². The van der Waals surface area contributed by atoms with Crippen molar-refractivity contribution in [2.24, 2.45) is 0 Å². The van der Waals surface area contributed by atoms with Crippen LogP contribution in [0.4, 0.5) is 5.69 Å². The van der Waals surface area contributed by atoms with E-state index in [0.717, 1.165) is 12.1 Å². The fraction of sp³-hybridized carbons (Fsp3) is 0.667. The zero-order valence-corrected chi connectivity index (χ0v) is 15.2. The summed E-state index contributed by atoms with van der Waals surface area (Å²) >= 11 is 1.56. The number of likely N-dealkylation sites (N-methyl/N-ethyl adjacent to an activating group) is 1. The molecule has 23 heavy (non-hydrogen) atoms. The fourth-order valence-electron chi connectivity index (χ4n) is 3.49.